The second-order valence-electron chi connectivity index (χ2n) is 7.68. The van der Waals surface area contributed by atoms with Crippen LogP contribution in [0.4, 0.5) is 14.5 Å². The molecular formula is C29H25F2NS. The molecule has 3 aromatic carbocycles. The molecular weight excluding hydrogens is 432 g/mol. The SMILES string of the molecule is CCCCCCC#Cc1ccc(-c2ccc(/C=C/c3cc(F)c(N=C=S)c(F)c3)cc2)cc1. The summed E-state index contributed by atoms with van der Waals surface area (Å²) in [5.74, 6) is 4.94. The molecule has 0 fully saturated rings. The normalized spacial score (nSPS) is 10.5. The van der Waals surface area contributed by atoms with Gasteiger partial charge in [0.05, 0.1) is 5.16 Å². The maximum Gasteiger partial charge on any atom is 0.153 e. The number of rotatable bonds is 8. The van der Waals surface area contributed by atoms with E-state index in [9.17, 15) is 8.78 Å². The molecule has 4 heteroatoms. The lowest BCUT2D eigenvalue weighted by atomic mass is 10.0. The zero-order valence-corrected chi connectivity index (χ0v) is 19.4. The Bertz CT molecular complexity index is 1190. The molecule has 0 amide bonds. The molecule has 0 aliphatic heterocycles. The summed E-state index contributed by atoms with van der Waals surface area (Å²) in [5, 5.41) is 1.99. The Kier molecular flexibility index (Phi) is 9.27. The fraction of sp³-hybridized carbons (Fsp3) is 0.207. The van der Waals surface area contributed by atoms with Crippen molar-refractivity contribution in [2.45, 2.75) is 39.0 Å². The van der Waals surface area contributed by atoms with Crippen LogP contribution in [-0.4, -0.2) is 5.16 Å². The quantitative estimate of drug-likeness (QED) is 0.108. The molecule has 0 heterocycles. The van der Waals surface area contributed by atoms with E-state index in [4.69, 9.17) is 0 Å². The smallest absolute Gasteiger partial charge is 0.153 e. The number of thiocarbonyl (C=S) groups is 1. The van der Waals surface area contributed by atoms with E-state index < -0.39 is 17.3 Å². The van der Waals surface area contributed by atoms with E-state index in [1.165, 1.54) is 31.4 Å². The average Bonchev–Trinajstić information content (AvgIpc) is 2.83. The van der Waals surface area contributed by atoms with Crippen LogP contribution in [0.25, 0.3) is 23.3 Å². The Hall–Kier alpha value is -3.38. The minimum Gasteiger partial charge on any atom is -0.204 e. The molecule has 0 unspecified atom stereocenters. The fourth-order valence-corrected chi connectivity index (χ4v) is 3.45. The molecule has 0 aliphatic rings. The molecule has 0 atom stereocenters. The third kappa shape index (κ3) is 7.32. The molecule has 0 N–H and O–H groups in total. The van der Waals surface area contributed by atoms with Gasteiger partial charge in [0.1, 0.15) is 5.69 Å². The average molecular weight is 458 g/mol. The standard InChI is InChI=1S/C29H25F2NS/c1-2-3-4-5-6-7-8-22-11-15-25(16-12-22)26-17-13-23(14-18-26)9-10-24-19-27(30)29(32-21-33)28(31)20-24/h9-20H,2-6H2,1H3/b10-9+. The fourth-order valence-electron chi connectivity index (χ4n) is 3.36. The summed E-state index contributed by atoms with van der Waals surface area (Å²) < 4.78 is 27.9. The molecule has 0 aliphatic carbocycles. The number of hydrogen-bond donors (Lipinski definition) is 0. The minimum absolute atomic E-state index is 0.402. The van der Waals surface area contributed by atoms with Gasteiger partial charge in [0, 0.05) is 12.0 Å². The number of nitrogens with zero attached hydrogens (tertiary/aromatic N) is 1. The first-order chi connectivity index (χ1) is 16.1. The molecule has 3 aromatic rings. The van der Waals surface area contributed by atoms with Crippen LogP contribution in [0.5, 0.6) is 0 Å². The molecule has 33 heavy (non-hydrogen) atoms. The zero-order chi connectivity index (χ0) is 23.5. The second-order valence-corrected chi connectivity index (χ2v) is 7.86. The third-order valence-electron chi connectivity index (χ3n) is 5.18. The lowest BCUT2D eigenvalue weighted by Gasteiger charge is -2.03. The van der Waals surface area contributed by atoms with Gasteiger partial charge >= 0.3 is 0 Å². The Morgan fingerprint density at radius 3 is 2.03 bits per heavy atom. The van der Waals surface area contributed by atoms with Crippen molar-refractivity contribution < 1.29 is 8.78 Å². The molecule has 3 rings (SSSR count). The van der Waals surface area contributed by atoms with Crippen LogP contribution in [0, 0.1) is 23.5 Å². The molecule has 166 valence electrons. The summed E-state index contributed by atoms with van der Waals surface area (Å²) in [6.45, 7) is 2.21. The molecule has 0 saturated carbocycles. The summed E-state index contributed by atoms with van der Waals surface area (Å²) >= 11 is 4.42. The lowest BCUT2D eigenvalue weighted by Crippen LogP contribution is -1.85. The highest BCUT2D eigenvalue weighted by Crippen LogP contribution is 2.25. The Morgan fingerprint density at radius 2 is 1.42 bits per heavy atom. The van der Waals surface area contributed by atoms with Crippen LogP contribution in [0.1, 0.15) is 55.7 Å². The van der Waals surface area contributed by atoms with Gasteiger partial charge < -0.3 is 0 Å². The van der Waals surface area contributed by atoms with Gasteiger partial charge in [-0.3, -0.25) is 0 Å². The van der Waals surface area contributed by atoms with E-state index >= 15 is 0 Å². The van der Waals surface area contributed by atoms with Crippen molar-refractivity contribution in [3.05, 3.63) is 89.0 Å². The van der Waals surface area contributed by atoms with E-state index in [-0.39, 0.29) is 0 Å². The largest absolute Gasteiger partial charge is 0.204 e. The number of halogens is 2. The van der Waals surface area contributed by atoms with Gasteiger partial charge in [-0.15, -0.1) is 0 Å². The minimum atomic E-state index is -0.771. The number of benzene rings is 3. The number of aliphatic imine (C=N–C) groups is 1. The Morgan fingerprint density at radius 1 is 0.818 bits per heavy atom. The molecule has 1 nitrogen and oxygen atoms in total. The monoisotopic (exact) mass is 457 g/mol. The van der Waals surface area contributed by atoms with Gasteiger partial charge in [0.2, 0.25) is 0 Å². The Labute approximate surface area is 199 Å². The van der Waals surface area contributed by atoms with E-state index in [1.807, 2.05) is 41.6 Å². The highest BCUT2D eigenvalue weighted by Gasteiger charge is 2.09. The first-order valence-corrected chi connectivity index (χ1v) is 11.5. The summed E-state index contributed by atoms with van der Waals surface area (Å²) in [6, 6.07) is 18.6. The van der Waals surface area contributed by atoms with Crippen LogP contribution in [-0.2, 0) is 0 Å². The maximum absolute atomic E-state index is 14.0. The Balaban J connectivity index is 1.63. The van der Waals surface area contributed by atoms with Gasteiger partial charge in [0.25, 0.3) is 0 Å². The summed E-state index contributed by atoms with van der Waals surface area (Å²) in [4.78, 5) is 3.42. The van der Waals surface area contributed by atoms with Crippen LogP contribution >= 0.6 is 12.2 Å². The number of isothiocyanates is 1. The maximum atomic E-state index is 14.0. The van der Waals surface area contributed by atoms with Gasteiger partial charge in [0.15, 0.2) is 11.6 Å². The molecule has 0 bridgehead atoms. The van der Waals surface area contributed by atoms with Crippen LogP contribution in [0.15, 0.2) is 65.7 Å². The first kappa shape index (κ1) is 24.3. The highest BCUT2D eigenvalue weighted by atomic mass is 32.1. The predicted molar refractivity (Wildman–Crippen MR) is 137 cm³/mol. The van der Waals surface area contributed by atoms with E-state index in [0.717, 1.165) is 35.1 Å². The summed E-state index contributed by atoms with van der Waals surface area (Å²) in [7, 11) is 0. The van der Waals surface area contributed by atoms with Gasteiger partial charge in [-0.25, -0.2) is 8.78 Å². The molecule has 0 radical (unpaired) electrons. The molecule has 0 spiro atoms. The zero-order valence-electron chi connectivity index (χ0n) is 18.6. The molecule has 0 saturated heterocycles. The lowest BCUT2D eigenvalue weighted by molar-refractivity contribution is 0.587. The van der Waals surface area contributed by atoms with E-state index in [1.54, 1.807) is 12.2 Å². The third-order valence-corrected chi connectivity index (χ3v) is 5.27. The van der Waals surface area contributed by atoms with Crippen LogP contribution in [0.2, 0.25) is 0 Å². The second kappa shape index (κ2) is 12.6. The van der Waals surface area contributed by atoms with E-state index in [2.05, 4.69) is 48.1 Å². The van der Waals surface area contributed by atoms with Gasteiger partial charge in [-0.05, 0) is 65.2 Å². The highest BCUT2D eigenvalue weighted by molar-refractivity contribution is 7.78. The summed E-state index contributed by atoms with van der Waals surface area (Å²) in [5.41, 5.74) is 4.13. The predicted octanol–water partition coefficient (Wildman–Crippen LogP) is 8.86. The van der Waals surface area contributed by atoms with Crippen molar-refractivity contribution in [3.8, 4) is 23.0 Å². The van der Waals surface area contributed by atoms with Crippen molar-refractivity contribution in [3.63, 3.8) is 0 Å². The first-order valence-electron chi connectivity index (χ1n) is 11.0. The molecule has 0 aromatic heterocycles. The van der Waals surface area contributed by atoms with Crippen molar-refractivity contribution in [2.24, 2.45) is 4.99 Å². The van der Waals surface area contributed by atoms with Crippen molar-refractivity contribution in [2.75, 3.05) is 0 Å². The van der Waals surface area contributed by atoms with Crippen LogP contribution in [0.3, 0.4) is 0 Å². The van der Waals surface area contributed by atoms with Gasteiger partial charge in [-0.2, -0.15) is 4.99 Å². The van der Waals surface area contributed by atoms with Crippen LogP contribution < -0.4 is 0 Å². The number of unbranched alkanes of at least 4 members (excludes halogenated alkanes) is 4. The van der Waals surface area contributed by atoms with Crippen molar-refractivity contribution >= 4 is 35.2 Å². The summed E-state index contributed by atoms with van der Waals surface area (Å²) in [6.07, 6.45) is 9.34. The van der Waals surface area contributed by atoms with Crippen molar-refractivity contribution in [1.82, 2.24) is 0 Å². The van der Waals surface area contributed by atoms with Crippen molar-refractivity contribution in [1.29, 1.82) is 0 Å². The van der Waals surface area contributed by atoms with E-state index in [0.29, 0.717) is 5.56 Å². The van der Waals surface area contributed by atoms with Gasteiger partial charge in [-0.1, -0.05) is 86.6 Å². The topological polar surface area (TPSA) is 12.4 Å². The number of hydrogen-bond acceptors (Lipinski definition) is 2.